The fraction of sp³-hybridized carbons (Fsp3) is 0.783. The third-order valence-corrected chi connectivity index (χ3v) is 8.08. The zero-order valence-corrected chi connectivity index (χ0v) is 18.5. The van der Waals surface area contributed by atoms with Gasteiger partial charge < -0.3 is 24.7 Å². The largest absolute Gasteiger partial charge is 0.481 e. The van der Waals surface area contributed by atoms with Gasteiger partial charge in [-0.2, -0.15) is 0 Å². The number of ether oxygens (including phenoxy) is 1. The minimum atomic E-state index is -1.16. The van der Waals surface area contributed by atoms with Crippen LogP contribution in [0.15, 0.2) is 12.7 Å². The number of hydrogen-bond donors (Lipinski definition) is 2. The van der Waals surface area contributed by atoms with Crippen molar-refractivity contribution in [2.45, 2.75) is 88.1 Å². The lowest BCUT2D eigenvalue weighted by atomic mass is 9.66. The fourth-order valence-corrected chi connectivity index (χ4v) is 6.69. The third-order valence-electron chi connectivity index (χ3n) is 8.08. The molecule has 2 N–H and O–H groups in total. The number of amides is 2. The van der Waals surface area contributed by atoms with Gasteiger partial charge in [0.25, 0.3) is 0 Å². The van der Waals surface area contributed by atoms with Crippen molar-refractivity contribution in [2.24, 2.45) is 11.8 Å². The number of fused-ring (bicyclic) bond motifs is 1. The highest BCUT2D eigenvalue weighted by Gasteiger charge is 2.78. The number of aliphatic hydroxyl groups is 1. The van der Waals surface area contributed by atoms with E-state index in [1.165, 1.54) is 4.90 Å². The van der Waals surface area contributed by atoms with E-state index in [4.69, 9.17) is 4.74 Å². The molecule has 31 heavy (non-hydrogen) atoms. The smallest absolute Gasteiger partial charge is 0.310 e. The number of aliphatic carboxylic acids is 1. The van der Waals surface area contributed by atoms with Crippen molar-refractivity contribution in [1.82, 2.24) is 9.80 Å². The molecule has 4 aliphatic rings. The van der Waals surface area contributed by atoms with Crippen LogP contribution in [0.4, 0.5) is 0 Å². The number of carboxylic acid groups (broad SMARTS) is 1. The maximum absolute atomic E-state index is 14.1. The topological polar surface area (TPSA) is 107 Å². The molecule has 0 aromatic carbocycles. The summed E-state index contributed by atoms with van der Waals surface area (Å²) in [5.74, 6) is -3.58. The molecule has 3 heterocycles. The standard InChI is InChI=1S/C23H34N2O6/c1-4-12-24(15-8-6-5-7-9-15)20(28)18-23-11-10-22(3,31-23)17(21(29)30)16(23)19(27)25(18)14(2)13-26/h4,14-18,26H,1,5-13H2,2-3H3,(H,29,30)/t14-,16+,17+,18?,22-,23?/m1/s1. The molecular formula is C23H34N2O6. The van der Waals surface area contributed by atoms with E-state index in [-0.39, 0.29) is 18.6 Å². The quantitative estimate of drug-likeness (QED) is 0.589. The highest BCUT2D eigenvalue weighted by Crippen LogP contribution is 2.63. The number of hydrogen-bond acceptors (Lipinski definition) is 5. The van der Waals surface area contributed by atoms with Gasteiger partial charge in [-0.3, -0.25) is 14.4 Å². The van der Waals surface area contributed by atoms with E-state index < -0.39 is 47.0 Å². The summed E-state index contributed by atoms with van der Waals surface area (Å²) in [6, 6.07) is -1.47. The van der Waals surface area contributed by atoms with Gasteiger partial charge in [0.1, 0.15) is 11.6 Å². The van der Waals surface area contributed by atoms with Crippen molar-refractivity contribution < 1.29 is 29.3 Å². The highest BCUT2D eigenvalue weighted by atomic mass is 16.5. The Morgan fingerprint density at radius 2 is 2.00 bits per heavy atom. The molecule has 1 aliphatic carbocycles. The summed E-state index contributed by atoms with van der Waals surface area (Å²) in [6.07, 6.45) is 7.71. The Hall–Kier alpha value is -1.93. The molecule has 1 saturated carbocycles. The molecule has 2 amide bonds. The van der Waals surface area contributed by atoms with E-state index in [0.717, 1.165) is 32.1 Å². The van der Waals surface area contributed by atoms with Crippen LogP contribution < -0.4 is 0 Å². The van der Waals surface area contributed by atoms with Gasteiger partial charge in [0.2, 0.25) is 11.8 Å². The second kappa shape index (κ2) is 7.89. The summed E-state index contributed by atoms with van der Waals surface area (Å²) < 4.78 is 6.39. The second-order valence-corrected chi connectivity index (χ2v) is 9.91. The van der Waals surface area contributed by atoms with Gasteiger partial charge in [-0.15, -0.1) is 6.58 Å². The average Bonchev–Trinajstić information content (AvgIpc) is 3.32. The van der Waals surface area contributed by atoms with E-state index in [9.17, 15) is 24.6 Å². The molecule has 0 radical (unpaired) electrons. The number of nitrogens with zero attached hydrogens (tertiary/aromatic N) is 2. The van der Waals surface area contributed by atoms with Gasteiger partial charge in [-0.05, 0) is 39.5 Å². The molecule has 3 aliphatic heterocycles. The monoisotopic (exact) mass is 434 g/mol. The van der Waals surface area contributed by atoms with Gasteiger partial charge in [0, 0.05) is 12.6 Å². The zero-order valence-electron chi connectivity index (χ0n) is 18.5. The summed E-state index contributed by atoms with van der Waals surface area (Å²) in [7, 11) is 0. The van der Waals surface area contributed by atoms with Gasteiger partial charge in [-0.25, -0.2) is 0 Å². The predicted molar refractivity (Wildman–Crippen MR) is 112 cm³/mol. The fourth-order valence-electron chi connectivity index (χ4n) is 6.69. The molecule has 4 fully saturated rings. The molecule has 172 valence electrons. The second-order valence-electron chi connectivity index (χ2n) is 9.91. The van der Waals surface area contributed by atoms with Crippen LogP contribution in [0, 0.1) is 11.8 Å². The van der Waals surface area contributed by atoms with E-state index in [0.29, 0.717) is 19.4 Å². The Morgan fingerprint density at radius 3 is 2.58 bits per heavy atom. The summed E-state index contributed by atoms with van der Waals surface area (Å²) in [4.78, 5) is 43.1. The molecule has 4 rings (SSSR count). The maximum Gasteiger partial charge on any atom is 0.310 e. The van der Waals surface area contributed by atoms with Gasteiger partial charge in [0.05, 0.1) is 30.1 Å². The molecule has 6 atom stereocenters. The van der Waals surface area contributed by atoms with Crippen LogP contribution >= 0.6 is 0 Å². The SMILES string of the molecule is C=CCN(C(=O)C1N([C@H](C)CO)C(=O)[C@@H]2[C@@H](C(=O)O)[C@@]3(C)CCC12O3)C1CCCCC1. The van der Waals surface area contributed by atoms with Crippen LogP contribution in [0.2, 0.25) is 0 Å². The summed E-state index contributed by atoms with van der Waals surface area (Å²) in [5.41, 5.74) is -2.13. The minimum absolute atomic E-state index is 0.0699. The third kappa shape index (κ3) is 3.13. The Morgan fingerprint density at radius 1 is 1.32 bits per heavy atom. The number of carboxylic acids is 1. The first kappa shape index (κ1) is 22.3. The number of likely N-dealkylation sites (tertiary alicyclic amines) is 1. The van der Waals surface area contributed by atoms with Crippen LogP contribution in [0.25, 0.3) is 0 Å². The highest BCUT2D eigenvalue weighted by molar-refractivity contribution is 5.98. The first-order valence-electron chi connectivity index (χ1n) is 11.5. The lowest BCUT2D eigenvalue weighted by Crippen LogP contribution is -2.60. The predicted octanol–water partition coefficient (Wildman–Crippen LogP) is 1.56. The van der Waals surface area contributed by atoms with Crippen molar-refractivity contribution in [2.75, 3.05) is 13.2 Å². The van der Waals surface area contributed by atoms with Crippen LogP contribution in [0.5, 0.6) is 0 Å². The summed E-state index contributed by atoms with van der Waals surface area (Å²) in [6.45, 7) is 7.33. The van der Waals surface area contributed by atoms with E-state index in [1.807, 2.05) is 4.90 Å². The minimum Gasteiger partial charge on any atom is -0.481 e. The van der Waals surface area contributed by atoms with Crippen molar-refractivity contribution in [1.29, 1.82) is 0 Å². The number of carbonyl (C=O) groups excluding carboxylic acids is 2. The molecule has 0 aromatic heterocycles. The van der Waals surface area contributed by atoms with E-state index in [1.54, 1.807) is 19.9 Å². The molecule has 8 nitrogen and oxygen atoms in total. The Kier molecular flexibility index (Phi) is 5.67. The molecule has 2 bridgehead atoms. The lowest BCUT2D eigenvalue weighted by Gasteiger charge is -2.42. The van der Waals surface area contributed by atoms with Crippen LogP contribution in [-0.2, 0) is 19.1 Å². The Labute approximate surface area is 183 Å². The van der Waals surface area contributed by atoms with Gasteiger partial charge in [-0.1, -0.05) is 25.3 Å². The molecule has 1 spiro atoms. The molecule has 8 heteroatoms. The Balaban J connectivity index is 1.78. The number of rotatable bonds is 7. The normalized spacial score (nSPS) is 38.2. The van der Waals surface area contributed by atoms with Crippen molar-refractivity contribution in [3.05, 3.63) is 12.7 Å². The number of aliphatic hydroxyl groups excluding tert-OH is 1. The maximum atomic E-state index is 14.1. The molecular weight excluding hydrogens is 400 g/mol. The molecule has 3 saturated heterocycles. The van der Waals surface area contributed by atoms with Gasteiger partial charge >= 0.3 is 5.97 Å². The number of carbonyl (C=O) groups is 3. The Bertz CT molecular complexity index is 780. The summed E-state index contributed by atoms with van der Waals surface area (Å²) in [5, 5.41) is 19.8. The molecule has 0 aromatic rings. The van der Waals surface area contributed by atoms with Crippen LogP contribution in [0.1, 0.15) is 58.8 Å². The lowest BCUT2D eigenvalue weighted by molar-refractivity contribution is -0.159. The van der Waals surface area contributed by atoms with Crippen molar-refractivity contribution in [3.63, 3.8) is 0 Å². The molecule has 2 unspecified atom stereocenters. The van der Waals surface area contributed by atoms with Crippen molar-refractivity contribution >= 4 is 17.8 Å². The van der Waals surface area contributed by atoms with E-state index in [2.05, 4.69) is 6.58 Å². The first-order valence-corrected chi connectivity index (χ1v) is 11.5. The van der Waals surface area contributed by atoms with E-state index >= 15 is 0 Å². The van der Waals surface area contributed by atoms with Gasteiger partial charge in [0.15, 0.2) is 0 Å². The van der Waals surface area contributed by atoms with Crippen LogP contribution in [0.3, 0.4) is 0 Å². The van der Waals surface area contributed by atoms with Crippen molar-refractivity contribution in [3.8, 4) is 0 Å². The first-order chi connectivity index (χ1) is 14.7. The van der Waals surface area contributed by atoms with Crippen LogP contribution in [-0.4, -0.2) is 80.3 Å². The summed E-state index contributed by atoms with van der Waals surface area (Å²) >= 11 is 0. The average molecular weight is 435 g/mol. The zero-order chi connectivity index (χ0) is 22.6.